The van der Waals surface area contributed by atoms with E-state index in [0.717, 1.165) is 31.9 Å². The number of methoxy groups -OCH3 is 1. The smallest absolute Gasteiger partial charge is 0.123 e. The van der Waals surface area contributed by atoms with E-state index in [1.807, 2.05) is 0 Å². The van der Waals surface area contributed by atoms with Crippen LogP contribution in [-0.4, -0.2) is 32.9 Å². The molecule has 0 radical (unpaired) electrons. The summed E-state index contributed by atoms with van der Waals surface area (Å²) in [5.41, 5.74) is 2.64. The van der Waals surface area contributed by atoms with Crippen LogP contribution in [0.25, 0.3) is 0 Å². The molecule has 1 aromatic carbocycles. The van der Waals surface area contributed by atoms with Gasteiger partial charge in [0.25, 0.3) is 0 Å². The van der Waals surface area contributed by atoms with Crippen molar-refractivity contribution in [1.29, 1.82) is 0 Å². The first-order valence-corrected chi connectivity index (χ1v) is 6.65. The van der Waals surface area contributed by atoms with Gasteiger partial charge < -0.3 is 14.8 Å². The van der Waals surface area contributed by atoms with E-state index in [1.165, 1.54) is 11.1 Å². The number of aryl methyl sites for hydroxylation is 1. The van der Waals surface area contributed by atoms with Crippen LogP contribution in [0.4, 0.5) is 0 Å². The minimum Gasteiger partial charge on any atom is -0.488 e. The Hall–Kier alpha value is -1.06. The summed E-state index contributed by atoms with van der Waals surface area (Å²) in [6.07, 6.45) is 1.29. The Morgan fingerprint density at radius 1 is 1.50 bits per heavy atom. The van der Waals surface area contributed by atoms with Crippen molar-refractivity contribution in [2.75, 3.05) is 26.8 Å². The molecule has 18 heavy (non-hydrogen) atoms. The van der Waals surface area contributed by atoms with Crippen molar-refractivity contribution in [3.05, 3.63) is 29.3 Å². The summed E-state index contributed by atoms with van der Waals surface area (Å²) in [6, 6.07) is 6.41. The molecule has 2 unspecified atom stereocenters. The van der Waals surface area contributed by atoms with Crippen molar-refractivity contribution in [3.8, 4) is 5.75 Å². The lowest BCUT2D eigenvalue weighted by atomic mass is 10.1. The molecule has 0 amide bonds. The molecule has 0 aliphatic carbocycles. The highest BCUT2D eigenvalue weighted by molar-refractivity contribution is 5.40. The van der Waals surface area contributed by atoms with Crippen molar-refractivity contribution in [3.63, 3.8) is 0 Å². The molecule has 1 aromatic rings. The second kappa shape index (κ2) is 6.21. The molecule has 2 rings (SSSR count). The standard InChI is InChI=1S/C15H23NO2/c1-11-4-5-15-13(6-11)7-14(18-15)9-16-8-12(2)10-17-3/h4-6,12,14,16H,7-10H2,1-3H3. The average molecular weight is 249 g/mol. The van der Waals surface area contributed by atoms with Gasteiger partial charge >= 0.3 is 0 Å². The fourth-order valence-electron chi connectivity index (χ4n) is 2.40. The number of fused-ring (bicyclic) bond motifs is 1. The Balaban J connectivity index is 1.74. The Bertz CT molecular complexity index is 392. The summed E-state index contributed by atoms with van der Waals surface area (Å²) < 4.78 is 11.0. The molecule has 0 aromatic heterocycles. The van der Waals surface area contributed by atoms with Gasteiger partial charge in [-0.2, -0.15) is 0 Å². The third-order valence-corrected chi connectivity index (χ3v) is 3.27. The molecule has 0 saturated heterocycles. The van der Waals surface area contributed by atoms with Gasteiger partial charge in [-0.3, -0.25) is 0 Å². The Morgan fingerprint density at radius 2 is 2.33 bits per heavy atom. The van der Waals surface area contributed by atoms with Gasteiger partial charge in [0.15, 0.2) is 0 Å². The monoisotopic (exact) mass is 249 g/mol. The Morgan fingerprint density at radius 3 is 3.11 bits per heavy atom. The minimum absolute atomic E-state index is 0.275. The normalized spacial score (nSPS) is 19.4. The van der Waals surface area contributed by atoms with Crippen LogP contribution in [0.15, 0.2) is 18.2 Å². The lowest BCUT2D eigenvalue weighted by molar-refractivity contribution is 0.155. The topological polar surface area (TPSA) is 30.5 Å². The summed E-state index contributed by atoms with van der Waals surface area (Å²) >= 11 is 0. The van der Waals surface area contributed by atoms with Gasteiger partial charge in [0.1, 0.15) is 11.9 Å². The van der Waals surface area contributed by atoms with E-state index >= 15 is 0 Å². The zero-order valence-electron chi connectivity index (χ0n) is 11.5. The zero-order valence-corrected chi connectivity index (χ0v) is 11.5. The van der Waals surface area contributed by atoms with Crippen LogP contribution < -0.4 is 10.1 Å². The third-order valence-electron chi connectivity index (χ3n) is 3.27. The summed E-state index contributed by atoms with van der Waals surface area (Å²) in [7, 11) is 1.75. The molecule has 0 spiro atoms. The molecule has 3 heteroatoms. The molecular formula is C15H23NO2. The van der Waals surface area contributed by atoms with Gasteiger partial charge in [0.2, 0.25) is 0 Å². The largest absolute Gasteiger partial charge is 0.488 e. The molecule has 100 valence electrons. The van der Waals surface area contributed by atoms with E-state index < -0.39 is 0 Å². The predicted octanol–water partition coefficient (Wildman–Crippen LogP) is 2.17. The maximum absolute atomic E-state index is 5.91. The van der Waals surface area contributed by atoms with E-state index in [-0.39, 0.29) is 6.10 Å². The quantitative estimate of drug-likeness (QED) is 0.838. The van der Waals surface area contributed by atoms with Gasteiger partial charge in [0.05, 0.1) is 0 Å². The van der Waals surface area contributed by atoms with Crippen molar-refractivity contribution in [2.45, 2.75) is 26.4 Å². The molecule has 1 aliphatic rings. The van der Waals surface area contributed by atoms with Crippen molar-refractivity contribution >= 4 is 0 Å². The molecular weight excluding hydrogens is 226 g/mol. The van der Waals surface area contributed by atoms with Crippen LogP contribution >= 0.6 is 0 Å². The summed E-state index contributed by atoms with van der Waals surface area (Å²) in [6.45, 7) is 6.99. The number of hydrogen-bond acceptors (Lipinski definition) is 3. The zero-order chi connectivity index (χ0) is 13.0. The lowest BCUT2D eigenvalue weighted by Crippen LogP contribution is -2.33. The van der Waals surface area contributed by atoms with E-state index in [0.29, 0.717) is 5.92 Å². The molecule has 1 N–H and O–H groups in total. The fraction of sp³-hybridized carbons (Fsp3) is 0.600. The lowest BCUT2D eigenvalue weighted by Gasteiger charge is -2.15. The minimum atomic E-state index is 0.275. The molecule has 0 fully saturated rings. The summed E-state index contributed by atoms with van der Waals surface area (Å²) in [5, 5.41) is 3.46. The predicted molar refractivity (Wildman–Crippen MR) is 73.2 cm³/mol. The number of benzene rings is 1. The van der Waals surface area contributed by atoms with Crippen LogP contribution in [0, 0.1) is 12.8 Å². The highest BCUT2D eigenvalue weighted by atomic mass is 16.5. The van der Waals surface area contributed by atoms with Crippen molar-refractivity contribution in [1.82, 2.24) is 5.32 Å². The van der Waals surface area contributed by atoms with Crippen molar-refractivity contribution < 1.29 is 9.47 Å². The van der Waals surface area contributed by atoms with E-state index in [2.05, 4.69) is 37.4 Å². The van der Waals surface area contributed by atoms with Crippen LogP contribution in [0.3, 0.4) is 0 Å². The fourth-order valence-corrected chi connectivity index (χ4v) is 2.40. The first-order valence-electron chi connectivity index (χ1n) is 6.65. The second-order valence-electron chi connectivity index (χ2n) is 5.27. The first kappa shape index (κ1) is 13.4. The van der Waals surface area contributed by atoms with Crippen molar-refractivity contribution in [2.24, 2.45) is 5.92 Å². The number of ether oxygens (including phenoxy) is 2. The van der Waals surface area contributed by atoms with Gasteiger partial charge in [-0.05, 0) is 24.5 Å². The van der Waals surface area contributed by atoms with Gasteiger partial charge in [0, 0.05) is 33.2 Å². The van der Waals surface area contributed by atoms with E-state index in [4.69, 9.17) is 9.47 Å². The van der Waals surface area contributed by atoms with Gasteiger partial charge in [-0.15, -0.1) is 0 Å². The summed E-state index contributed by atoms with van der Waals surface area (Å²) in [4.78, 5) is 0. The van der Waals surface area contributed by atoms with E-state index in [9.17, 15) is 0 Å². The number of rotatable bonds is 6. The maximum atomic E-state index is 5.91. The van der Waals surface area contributed by atoms with Crippen LogP contribution in [-0.2, 0) is 11.2 Å². The first-order chi connectivity index (χ1) is 8.69. The van der Waals surface area contributed by atoms with Crippen LogP contribution in [0.1, 0.15) is 18.1 Å². The Labute approximate surface area is 109 Å². The van der Waals surface area contributed by atoms with E-state index in [1.54, 1.807) is 7.11 Å². The molecule has 0 bridgehead atoms. The molecule has 2 atom stereocenters. The Kier molecular flexibility index (Phi) is 4.61. The number of nitrogens with one attached hydrogen (secondary N) is 1. The summed E-state index contributed by atoms with van der Waals surface area (Å²) in [5.74, 6) is 1.60. The van der Waals surface area contributed by atoms with Gasteiger partial charge in [-0.1, -0.05) is 24.6 Å². The number of hydrogen-bond donors (Lipinski definition) is 1. The third kappa shape index (κ3) is 3.47. The average Bonchev–Trinajstić information content (AvgIpc) is 2.71. The molecule has 0 saturated carbocycles. The SMILES string of the molecule is COCC(C)CNCC1Cc2cc(C)ccc2O1. The molecule has 1 heterocycles. The second-order valence-corrected chi connectivity index (χ2v) is 5.27. The van der Waals surface area contributed by atoms with Crippen LogP contribution in [0.5, 0.6) is 5.75 Å². The highest BCUT2D eigenvalue weighted by Gasteiger charge is 2.22. The maximum Gasteiger partial charge on any atom is 0.123 e. The molecule has 1 aliphatic heterocycles. The molecule has 3 nitrogen and oxygen atoms in total. The van der Waals surface area contributed by atoms with Gasteiger partial charge in [-0.25, -0.2) is 0 Å². The van der Waals surface area contributed by atoms with Crippen LogP contribution in [0.2, 0.25) is 0 Å². The highest BCUT2D eigenvalue weighted by Crippen LogP contribution is 2.29.